The van der Waals surface area contributed by atoms with Crippen molar-refractivity contribution in [3.8, 4) is 12.3 Å². The Kier molecular flexibility index (Phi) is 4.77. The van der Waals surface area contributed by atoms with Crippen molar-refractivity contribution in [2.45, 2.75) is 31.8 Å². The second kappa shape index (κ2) is 6.41. The third-order valence-electron chi connectivity index (χ3n) is 3.47. The molecule has 0 spiro atoms. The fraction of sp³-hybridized carbons (Fsp3) is 0.438. The van der Waals surface area contributed by atoms with E-state index in [1.54, 1.807) is 36.1 Å². The van der Waals surface area contributed by atoms with E-state index in [9.17, 15) is 13.2 Å². The summed E-state index contributed by atoms with van der Waals surface area (Å²) in [5, 5.41) is 2.80. The summed E-state index contributed by atoms with van der Waals surface area (Å²) in [6, 6.07) is 6.49. The molecule has 6 heteroatoms. The molecule has 1 saturated carbocycles. The third kappa shape index (κ3) is 4.50. The highest BCUT2D eigenvalue weighted by atomic mass is 32.2. The highest BCUT2D eigenvalue weighted by molar-refractivity contribution is 7.90. The standard InChI is InChI=1S/C16H20N2O3S/c1-4-13-6-5-7-14(10-13)17-16(19)18(15-8-9-15)12(2)11-22(3,20)21/h1,5-7,10,12,15H,8-9,11H2,2-3H3,(H,17,19)/t12-/m1/s1. The predicted molar refractivity (Wildman–Crippen MR) is 87.4 cm³/mol. The second-order valence-electron chi connectivity index (χ2n) is 5.74. The lowest BCUT2D eigenvalue weighted by molar-refractivity contribution is 0.194. The van der Waals surface area contributed by atoms with Crippen molar-refractivity contribution in [2.75, 3.05) is 17.3 Å². The average molecular weight is 320 g/mol. The number of hydrogen-bond donors (Lipinski definition) is 1. The van der Waals surface area contributed by atoms with Crippen molar-refractivity contribution < 1.29 is 13.2 Å². The first kappa shape index (κ1) is 16.4. The highest BCUT2D eigenvalue weighted by Crippen LogP contribution is 2.29. The number of rotatable bonds is 5. The van der Waals surface area contributed by atoms with Crippen LogP contribution in [-0.2, 0) is 9.84 Å². The van der Waals surface area contributed by atoms with Crippen LogP contribution in [0.3, 0.4) is 0 Å². The molecular weight excluding hydrogens is 300 g/mol. The number of nitrogens with one attached hydrogen (secondary N) is 1. The summed E-state index contributed by atoms with van der Waals surface area (Å²) in [5.41, 5.74) is 1.29. The van der Waals surface area contributed by atoms with E-state index in [4.69, 9.17) is 6.42 Å². The van der Waals surface area contributed by atoms with Crippen LogP contribution in [0, 0.1) is 12.3 Å². The maximum Gasteiger partial charge on any atom is 0.322 e. The Morgan fingerprint density at radius 2 is 2.18 bits per heavy atom. The van der Waals surface area contributed by atoms with Crippen LogP contribution in [0.1, 0.15) is 25.3 Å². The predicted octanol–water partition coefficient (Wildman–Crippen LogP) is 2.10. The van der Waals surface area contributed by atoms with E-state index < -0.39 is 9.84 Å². The zero-order valence-corrected chi connectivity index (χ0v) is 13.6. The minimum atomic E-state index is -3.14. The molecule has 5 nitrogen and oxygen atoms in total. The van der Waals surface area contributed by atoms with Gasteiger partial charge in [0.25, 0.3) is 0 Å². The van der Waals surface area contributed by atoms with Gasteiger partial charge in [0.15, 0.2) is 0 Å². The first-order chi connectivity index (χ1) is 10.3. The first-order valence-electron chi connectivity index (χ1n) is 7.14. The van der Waals surface area contributed by atoms with Gasteiger partial charge in [0.1, 0.15) is 9.84 Å². The topological polar surface area (TPSA) is 66.5 Å². The van der Waals surface area contributed by atoms with E-state index in [0.717, 1.165) is 12.8 Å². The fourth-order valence-electron chi connectivity index (χ4n) is 2.47. The van der Waals surface area contributed by atoms with Crippen molar-refractivity contribution in [2.24, 2.45) is 0 Å². The van der Waals surface area contributed by atoms with Crippen LogP contribution in [0.4, 0.5) is 10.5 Å². The molecule has 1 N–H and O–H groups in total. The number of amides is 2. The number of sulfone groups is 1. The fourth-order valence-corrected chi connectivity index (χ4v) is 3.51. The zero-order chi connectivity index (χ0) is 16.3. The van der Waals surface area contributed by atoms with Gasteiger partial charge in [-0.1, -0.05) is 12.0 Å². The van der Waals surface area contributed by atoms with Crippen LogP contribution in [0.5, 0.6) is 0 Å². The van der Waals surface area contributed by atoms with Crippen molar-refractivity contribution in [1.29, 1.82) is 0 Å². The Hall–Kier alpha value is -2.00. The normalized spacial score (nSPS) is 15.7. The third-order valence-corrected chi connectivity index (χ3v) is 4.56. The molecule has 2 rings (SSSR count). The number of benzene rings is 1. The summed E-state index contributed by atoms with van der Waals surface area (Å²) in [6.07, 6.45) is 8.35. The molecular formula is C16H20N2O3S. The van der Waals surface area contributed by atoms with Gasteiger partial charge in [-0.05, 0) is 38.0 Å². The SMILES string of the molecule is C#Cc1cccc(NC(=O)N(C2CC2)[C@H](C)CS(C)(=O)=O)c1. The molecule has 1 aromatic carbocycles. The number of hydrogen-bond acceptors (Lipinski definition) is 3. The molecule has 1 fully saturated rings. The van der Waals surface area contributed by atoms with Gasteiger partial charge < -0.3 is 10.2 Å². The minimum absolute atomic E-state index is 0.0404. The van der Waals surface area contributed by atoms with E-state index in [1.807, 2.05) is 0 Å². The highest BCUT2D eigenvalue weighted by Gasteiger charge is 2.36. The van der Waals surface area contributed by atoms with Crippen molar-refractivity contribution >= 4 is 21.6 Å². The quantitative estimate of drug-likeness (QED) is 0.845. The van der Waals surface area contributed by atoms with E-state index in [-0.39, 0.29) is 23.9 Å². The molecule has 0 unspecified atom stereocenters. The van der Waals surface area contributed by atoms with Crippen LogP contribution in [0.2, 0.25) is 0 Å². The molecule has 0 aromatic heterocycles. The second-order valence-corrected chi connectivity index (χ2v) is 7.92. The number of nitrogens with zero attached hydrogens (tertiary/aromatic N) is 1. The molecule has 0 radical (unpaired) electrons. The number of anilines is 1. The summed E-state index contributed by atoms with van der Waals surface area (Å²) in [4.78, 5) is 14.1. The van der Waals surface area contributed by atoms with Gasteiger partial charge in [-0.25, -0.2) is 13.2 Å². The molecule has 1 aliphatic rings. The van der Waals surface area contributed by atoms with Crippen LogP contribution in [0.15, 0.2) is 24.3 Å². The van der Waals surface area contributed by atoms with Crippen molar-refractivity contribution in [3.05, 3.63) is 29.8 Å². The molecule has 0 aliphatic heterocycles. The van der Waals surface area contributed by atoms with E-state index >= 15 is 0 Å². The van der Waals surface area contributed by atoms with Crippen LogP contribution in [-0.4, -0.2) is 43.4 Å². The van der Waals surface area contributed by atoms with Gasteiger partial charge in [-0.2, -0.15) is 0 Å². The summed E-state index contributed by atoms with van der Waals surface area (Å²) in [5.74, 6) is 2.47. The summed E-state index contributed by atoms with van der Waals surface area (Å²) >= 11 is 0. The van der Waals surface area contributed by atoms with Gasteiger partial charge in [-0.15, -0.1) is 6.42 Å². The maximum absolute atomic E-state index is 12.5. The number of urea groups is 1. The molecule has 1 aromatic rings. The monoisotopic (exact) mass is 320 g/mol. The molecule has 0 saturated heterocycles. The van der Waals surface area contributed by atoms with Gasteiger partial charge in [0.05, 0.1) is 5.75 Å². The van der Waals surface area contributed by atoms with Gasteiger partial charge in [0.2, 0.25) is 0 Å². The van der Waals surface area contributed by atoms with Crippen molar-refractivity contribution in [3.63, 3.8) is 0 Å². The Bertz CT molecular complexity index is 702. The molecule has 22 heavy (non-hydrogen) atoms. The Morgan fingerprint density at radius 3 is 2.73 bits per heavy atom. The first-order valence-corrected chi connectivity index (χ1v) is 9.20. The van der Waals surface area contributed by atoms with Gasteiger partial charge in [0, 0.05) is 29.6 Å². The summed E-state index contributed by atoms with van der Waals surface area (Å²) in [7, 11) is -3.14. The van der Waals surface area contributed by atoms with E-state index in [1.165, 1.54) is 6.26 Å². The molecule has 2 amide bonds. The lowest BCUT2D eigenvalue weighted by Crippen LogP contribution is -2.46. The molecule has 0 heterocycles. The Morgan fingerprint density at radius 1 is 1.50 bits per heavy atom. The number of terminal acetylenes is 1. The molecule has 0 bridgehead atoms. The van der Waals surface area contributed by atoms with E-state index in [2.05, 4.69) is 11.2 Å². The zero-order valence-electron chi connectivity index (χ0n) is 12.7. The van der Waals surface area contributed by atoms with Crippen LogP contribution >= 0.6 is 0 Å². The molecule has 1 atom stereocenters. The lowest BCUT2D eigenvalue weighted by atomic mass is 10.2. The number of carbonyl (C=O) groups is 1. The largest absolute Gasteiger partial charge is 0.322 e. The van der Waals surface area contributed by atoms with Crippen molar-refractivity contribution in [1.82, 2.24) is 4.90 Å². The summed E-state index contributed by atoms with van der Waals surface area (Å²) in [6.45, 7) is 1.76. The van der Waals surface area contributed by atoms with Crippen LogP contribution < -0.4 is 5.32 Å². The Balaban J connectivity index is 2.11. The average Bonchev–Trinajstić information content (AvgIpc) is 3.21. The molecule has 1 aliphatic carbocycles. The van der Waals surface area contributed by atoms with Crippen LogP contribution in [0.25, 0.3) is 0 Å². The lowest BCUT2D eigenvalue weighted by Gasteiger charge is -2.29. The van der Waals surface area contributed by atoms with Gasteiger partial charge in [-0.3, -0.25) is 0 Å². The number of carbonyl (C=O) groups excluding carboxylic acids is 1. The Labute approximate surface area is 131 Å². The minimum Gasteiger partial charge on any atom is -0.318 e. The van der Waals surface area contributed by atoms with E-state index in [0.29, 0.717) is 11.3 Å². The summed E-state index contributed by atoms with van der Waals surface area (Å²) < 4.78 is 22.9. The smallest absolute Gasteiger partial charge is 0.318 e. The van der Waals surface area contributed by atoms with Gasteiger partial charge >= 0.3 is 6.03 Å². The molecule has 118 valence electrons. The maximum atomic E-state index is 12.5.